The Morgan fingerprint density at radius 2 is 0.705 bits per heavy atom. The summed E-state index contributed by atoms with van der Waals surface area (Å²) in [5.74, 6) is -0.178. The Balaban J connectivity index is 3.97. The second-order valence-corrected chi connectivity index (χ2v) is 26.7. The van der Waals surface area contributed by atoms with Gasteiger partial charge in [-0.2, -0.15) is 0 Å². The number of phosphoric ester groups is 1. The van der Waals surface area contributed by atoms with Gasteiger partial charge in [-0.25, -0.2) is 4.57 Å². The lowest BCUT2D eigenvalue weighted by molar-refractivity contribution is -0.870. The number of hydrogen-bond acceptors (Lipinski definition) is 5. The van der Waals surface area contributed by atoms with E-state index in [2.05, 4.69) is 31.3 Å². The number of aliphatic hydroxyl groups excluding tert-OH is 1. The largest absolute Gasteiger partial charge is 0.472 e. The van der Waals surface area contributed by atoms with E-state index >= 15 is 0 Å². The Kier molecular flexibility index (Phi) is 59.8. The van der Waals surface area contributed by atoms with Crippen LogP contribution in [0, 0.1) is 0 Å². The molecule has 3 unspecified atom stereocenters. The molecule has 0 aliphatic heterocycles. The quantitative estimate of drug-likeness (QED) is 0.0243. The molecule has 0 heterocycles. The second kappa shape index (κ2) is 60.6. The van der Waals surface area contributed by atoms with Gasteiger partial charge in [-0.05, 0) is 32.1 Å². The predicted molar refractivity (Wildman–Crippen MR) is 342 cm³/mol. The Labute approximate surface area is 487 Å². The van der Waals surface area contributed by atoms with Crippen LogP contribution in [0.2, 0.25) is 0 Å². The van der Waals surface area contributed by atoms with Crippen LogP contribution in [0.25, 0.3) is 0 Å². The maximum Gasteiger partial charge on any atom is 0.472 e. The average Bonchev–Trinajstić information content (AvgIpc) is 3.41. The van der Waals surface area contributed by atoms with Crippen LogP contribution in [0.1, 0.15) is 361 Å². The van der Waals surface area contributed by atoms with Crippen LogP contribution in [0.5, 0.6) is 0 Å². The number of carbonyl (C=O) groups is 1. The summed E-state index contributed by atoms with van der Waals surface area (Å²) in [7, 11) is 1.57. The van der Waals surface area contributed by atoms with Crippen LogP contribution in [0.3, 0.4) is 0 Å². The number of amides is 1. The predicted octanol–water partition coefficient (Wildman–Crippen LogP) is 21.9. The van der Waals surface area contributed by atoms with Gasteiger partial charge >= 0.3 is 7.82 Å². The molecule has 3 atom stereocenters. The van der Waals surface area contributed by atoms with Crippen LogP contribution in [0.4, 0.5) is 0 Å². The van der Waals surface area contributed by atoms with Gasteiger partial charge in [0, 0.05) is 6.42 Å². The molecule has 0 saturated heterocycles. The molecule has 9 heteroatoms. The van der Waals surface area contributed by atoms with Gasteiger partial charge in [-0.15, -0.1) is 0 Å². The number of allylic oxidation sites excluding steroid dienone is 3. The molecule has 0 saturated carbocycles. The van der Waals surface area contributed by atoms with Gasteiger partial charge in [0.15, 0.2) is 0 Å². The number of likely N-dealkylation sites (N-methyl/N-ethyl adjacent to an activating group) is 1. The Morgan fingerprint density at radius 1 is 0.423 bits per heavy atom. The normalized spacial score (nSPS) is 13.8. The average molecular weight is 1120 g/mol. The fourth-order valence-corrected chi connectivity index (χ4v) is 11.5. The van der Waals surface area contributed by atoms with Crippen molar-refractivity contribution < 1.29 is 32.9 Å². The van der Waals surface area contributed by atoms with Crippen molar-refractivity contribution in [1.29, 1.82) is 0 Å². The van der Waals surface area contributed by atoms with E-state index in [0.717, 1.165) is 38.5 Å². The molecule has 0 spiro atoms. The summed E-state index contributed by atoms with van der Waals surface area (Å²) in [5.41, 5.74) is 0. The first kappa shape index (κ1) is 77.0. The molecule has 0 rings (SSSR count). The van der Waals surface area contributed by atoms with Crippen LogP contribution < -0.4 is 5.32 Å². The Morgan fingerprint density at radius 3 is 1.03 bits per heavy atom. The third kappa shape index (κ3) is 62.6. The van der Waals surface area contributed by atoms with Crippen molar-refractivity contribution in [2.75, 3.05) is 40.9 Å². The van der Waals surface area contributed by atoms with Gasteiger partial charge in [0.1, 0.15) is 13.2 Å². The summed E-state index contributed by atoms with van der Waals surface area (Å²) < 4.78 is 23.8. The SMILES string of the molecule is CCCCCCCCCCCCCCCC/C=C/CC/C=C/C(O)C(COP(=O)(O)OCC[N+](C)(C)C)NC(=O)CCCCCCCCCCCCCCCCCCCCCCCCCCCCCCCCCCCCCC. The van der Waals surface area contributed by atoms with Crippen molar-refractivity contribution in [3.05, 3.63) is 24.3 Å². The standard InChI is InChI=1S/C69H137N2O6P/c1-6-8-10-12-14-16-18-20-22-24-26-28-29-30-31-32-33-34-35-36-37-38-39-40-41-42-43-45-47-49-51-53-55-57-59-61-63-69(73)70-67(66-77-78(74,75)76-65-64-71(3,4)5)68(72)62-60-58-56-54-52-50-48-46-44-27-25-23-21-19-17-15-13-11-9-7-2/h52,54,60,62,67-68,72H,6-51,53,55-59,61,63-66H2,1-5H3,(H-,70,73,74,75)/p+1/b54-52+,62-60+. The van der Waals surface area contributed by atoms with Crippen molar-refractivity contribution in [2.45, 2.75) is 373 Å². The summed E-state index contributed by atoms with van der Waals surface area (Å²) >= 11 is 0. The van der Waals surface area contributed by atoms with Crippen molar-refractivity contribution in [1.82, 2.24) is 5.32 Å². The van der Waals surface area contributed by atoms with Crippen molar-refractivity contribution in [3.63, 3.8) is 0 Å². The van der Waals surface area contributed by atoms with Crippen molar-refractivity contribution in [2.24, 2.45) is 0 Å². The number of phosphoric acid groups is 1. The number of quaternary nitrogens is 1. The van der Waals surface area contributed by atoms with Gasteiger partial charge in [-0.3, -0.25) is 13.8 Å². The highest BCUT2D eigenvalue weighted by Crippen LogP contribution is 2.43. The first-order chi connectivity index (χ1) is 38.0. The third-order valence-corrected chi connectivity index (χ3v) is 17.2. The lowest BCUT2D eigenvalue weighted by atomic mass is 10.0. The molecule has 8 nitrogen and oxygen atoms in total. The second-order valence-electron chi connectivity index (χ2n) is 25.3. The number of rotatable bonds is 65. The molecule has 464 valence electrons. The summed E-state index contributed by atoms with van der Waals surface area (Å²) in [5, 5.41) is 14.0. The van der Waals surface area contributed by atoms with E-state index < -0.39 is 20.0 Å². The molecule has 0 aromatic carbocycles. The fraction of sp³-hybridized carbons (Fsp3) is 0.928. The highest BCUT2D eigenvalue weighted by atomic mass is 31.2. The van der Waals surface area contributed by atoms with Gasteiger partial charge in [0.25, 0.3) is 0 Å². The van der Waals surface area contributed by atoms with E-state index in [-0.39, 0.29) is 19.1 Å². The minimum atomic E-state index is -4.36. The van der Waals surface area contributed by atoms with Crippen LogP contribution in [-0.4, -0.2) is 73.4 Å². The molecule has 78 heavy (non-hydrogen) atoms. The van der Waals surface area contributed by atoms with E-state index in [4.69, 9.17) is 9.05 Å². The Hall–Kier alpha value is -1.02. The number of aliphatic hydroxyl groups is 1. The minimum absolute atomic E-state index is 0.0590. The lowest BCUT2D eigenvalue weighted by Crippen LogP contribution is -2.45. The smallest absolute Gasteiger partial charge is 0.387 e. The van der Waals surface area contributed by atoms with Gasteiger partial charge in [0.2, 0.25) is 5.91 Å². The number of nitrogens with one attached hydrogen (secondary N) is 1. The molecule has 0 radical (unpaired) electrons. The zero-order valence-corrected chi connectivity index (χ0v) is 54.1. The molecular weight excluding hydrogens is 984 g/mol. The van der Waals surface area contributed by atoms with E-state index in [1.807, 2.05) is 27.2 Å². The Bertz CT molecular complexity index is 1320. The number of hydrogen-bond donors (Lipinski definition) is 3. The van der Waals surface area contributed by atoms with E-state index in [0.29, 0.717) is 17.4 Å². The third-order valence-electron chi connectivity index (χ3n) is 16.2. The topological polar surface area (TPSA) is 105 Å². The molecule has 0 aromatic rings. The highest BCUT2D eigenvalue weighted by molar-refractivity contribution is 7.47. The van der Waals surface area contributed by atoms with Crippen LogP contribution in [-0.2, 0) is 18.4 Å². The summed E-state index contributed by atoms with van der Waals surface area (Å²) in [4.78, 5) is 23.4. The van der Waals surface area contributed by atoms with Crippen molar-refractivity contribution >= 4 is 13.7 Å². The molecule has 0 fully saturated rings. The first-order valence-corrected chi connectivity index (χ1v) is 36.2. The molecule has 3 N–H and O–H groups in total. The number of nitrogens with zero attached hydrogens (tertiary/aromatic N) is 1. The van der Waals surface area contributed by atoms with Crippen molar-refractivity contribution in [3.8, 4) is 0 Å². The first-order valence-electron chi connectivity index (χ1n) is 34.7. The summed E-state index contributed by atoms with van der Waals surface area (Å²) in [6, 6.07) is -0.861. The number of unbranched alkanes of at least 4 members (excludes halogenated alkanes) is 50. The number of carbonyl (C=O) groups excluding carboxylic acids is 1. The molecular formula is C69H138N2O6P+. The molecule has 0 aromatic heterocycles. The molecule has 0 aliphatic carbocycles. The minimum Gasteiger partial charge on any atom is -0.387 e. The van der Waals surface area contributed by atoms with Gasteiger partial charge < -0.3 is 19.8 Å². The lowest BCUT2D eigenvalue weighted by Gasteiger charge is -2.25. The van der Waals surface area contributed by atoms with E-state index in [1.54, 1.807) is 6.08 Å². The summed E-state index contributed by atoms with van der Waals surface area (Å²) in [6.45, 7) is 4.85. The zero-order chi connectivity index (χ0) is 57.0. The van der Waals surface area contributed by atoms with Crippen LogP contribution >= 0.6 is 7.82 Å². The molecule has 1 amide bonds. The summed E-state index contributed by atoms with van der Waals surface area (Å²) in [6.07, 6.45) is 79.1. The fourth-order valence-electron chi connectivity index (χ4n) is 10.8. The van der Waals surface area contributed by atoms with Crippen LogP contribution in [0.15, 0.2) is 24.3 Å². The molecule has 0 bridgehead atoms. The highest BCUT2D eigenvalue weighted by Gasteiger charge is 2.28. The monoisotopic (exact) mass is 1120 g/mol. The maximum atomic E-state index is 13.0. The zero-order valence-electron chi connectivity index (χ0n) is 53.2. The maximum absolute atomic E-state index is 13.0. The van der Waals surface area contributed by atoms with E-state index in [1.165, 1.54) is 302 Å². The molecule has 0 aliphatic rings. The van der Waals surface area contributed by atoms with E-state index in [9.17, 15) is 19.4 Å². The van der Waals surface area contributed by atoms with Gasteiger partial charge in [-0.1, -0.05) is 346 Å². The van der Waals surface area contributed by atoms with Gasteiger partial charge in [0.05, 0.1) is 39.9 Å².